The second-order valence-corrected chi connectivity index (χ2v) is 5.78. The number of nitrogens with one attached hydrogen (secondary N) is 1. The summed E-state index contributed by atoms with van der Waals surface area (Å²) in [5, 5.41) is 13.6. The number of alkyl halides is 2. The van der Waals surface area contributed by atoms with Crippen LogP contribution < -0.4 is 11.1 Å². The molecule has 0 aliphatic heterocycles. The molecule has 21 heavy (non-hydrogen) atoms. The molecule has 112 valence electrons. The third-order valence-corrected chi connectivity index (χ3v) is 4.02. The fraction of sp³-hybridized carbons (Fsp3) is 0.167. The zero-order valence-electron chi connectivity index (χ0n) is 10.5. The Morgan fingerprint density at radius 1 is 1.43 bits per heavy atom. The Morgan fingerprint density at radius 2 is 2.14 bits per heavy atom. The van der Waals surface area contributed by atoms with Crippen LogP contribution in [-0.2, 0) is 4.79 Å². The smallest absolute Gasteiger partial charge is 0.326 e. The fourth-order valence-electron chi connectivity index (χ4n) is 1.50. The maximum absolute atomic E-state index is 12.5. The lowest BCUT2D eigenvalue weighted by atomic mass is 10.2. The Labute approximate surface area is 127 Å². The first-order valence-corrected chi connectivity index (χ1v) is 7.48. The number of aromatic nitrogens is 1. The van der Waals surface area contributed by atoms with Gasteiger partial charge in [0.15, 0.2) is 5.13 Å². The lowest BCUT2D eigenvalue weighted by Gasteiger charge is -2.09. The first-order valence-electron chi connectivity index (χ1n) is 5.72. The van der Waals surface area contributed by atoms with E-state index in [4.69, 9.17) is 10.8 Å². The maximum Gasteiger partial charge on any atom is 0.326 e. The van der Waals surface area contributed by atoms with Crippen molar-refractivity contribution in [1.29, 1.82) is 0 Å². The van der Waals surface area contributed by atoms with Crippen LogP contribution in [0.15, 0.2) is 34.5 Å². The number of carbonyl (C=O) groups is 1. The van der Waals surface area contributed by atoms with Gasteiger partial charge in [-0.25, -0.2) is 4.98 Å². The van der Waals surface area contributed by atoms with Crippen molar-refractivity contribution >= 4 is 39.9 Å². The zero-order chi connectivity index (χ0) is 15.4. The molecule has 0 radical (unpaired) electrons. The van der Waals surface area contributed by atoms with Crippen LogP contribution in [0, 0.1) is 0 Å². The van der Waals surface area contributed by atoms with E-state index in [0.717, 1.165) is 11.3 Å². The Morgan fingerprint density at radius 3 is 2.81 bits per heavy atom. The molecule has 1 unspecified atom stereocenters. The standard InChI is InChI=1S/C12H11F2N3O2S2/c13-11(14)21-8-4-2-1-3-6(8)16-12-17-7(5-20-12)9(15)10(18)19/h1-5,9,11H,15H2,(H,16,17)(H,18,19). The number of carboxylic acids is 1. The number of carboxylic acid groups (broad SMARTS) is 1. The van der Waals surface area contributed by atoms with Gasteiger partial charge >= 0.3 is 5.97 Å². The molecular weight excluding hydrogens is 320 g/mol. The predicted octanol–water partition coefficient (Wildman–Crippen LogP) is 3.29. The summed E-state index contributed by atoms with van der Waals surface area (Å²) in [6, 6.07) is 5.36. The quantitative estimate of drug-likeness (QED) is 0.704. The second kappa shape index (κ2) is 6.83. The highest BCUT2D eigenvalue weighted by Crippen LogP contribution is 2.34. The van der Waals surface area contributed by atoms with E-state index in [1.807, 2.05) is 0 Å². The van der Waals surface area contributed by atoms with Crippen LogP contribution in [0.2, 0.25) is 0 Å². The van der Waals surface area contributed by atoms with Gasteiger partial charge in [-0.15, -0.1) is 11.3 Å². The van der Waals surface area contributed by atoms with Crippen molar-refractivity contribution in [2.24, 2.45) is 5.73 Å². The van der Waals surface area contributed by atoms with Gasteiger partial charge in [-0.05, 0) is 12.1 Å². The first kappa shape index (κ1) is 15.7. The number of para-hydroxylation sites is 1. The number of hydrogen-bond donors (Lipinski definition) is 3. The van der Waals surface area contributed by atoms with Crippen molar-refractivity contribution in [3.63, 3.8) is 0 Å². The van der Waals surface area contributed by atoms with Crippen LogP contribution in [-0.4, -0.2) is 21.8 Å². The van der Waals surface area contributed by atoms with Gasteiger partial charge in [-0.3, -0.25) is 4.79 Å². The molecule has 1 aromatic carbocycles. The van der Waals surface area contributed by atoms with E-state index in [1.54, 1.807) is 24.3 Å². The molecule has 9 heteroatoms. The summed E-state index contributed by atoms with van der Waals surface area (Å²) in [7, 11) is 0. The van der Waals surface area contributed by atoms with Crippen molar-refractivity contribution in [1.82, 2.24) is 4.98 Å². The highest BCUT2D eigenvalue weighted by atomic mass is 32.2. The molecule has 2 aromatic rings. The topological polar surface area (TPSA) is 88.2 Å². The summed E-state index contributed by atoms with van der Waals surface area (Å²) in [4.78, 5) is 15.2. The summed E-state index contributed by atoms with van der Waals surface area (Å²) < 4.78 is 25.0. The Bertz CT molecular complexity index is 636. The van der Waals surface area contributed by atoms with Crippen molar-refractivity contribution in [3.05, 3.63) is 35.3 Å². The van der Waals surface area contributed by atoms with E-state index < -0.39 is 17.8 Å². The van der Waals surface area contributed by atoms with Crippen molar-refractivity contribution < 1.29 is 18.7 Å². The summed E-state index contributed by atoms with van der Waals surface area (Å²) in [5.41, 5.74) is 6.15. The number of thioether (sulfide) groups is 1. The van der Waals surface area contributed by atoms with E-state index in [0.29, 0.717) is 27.5 Å². The Kier molecular flexibility index (Phi) is 5.10. The van der Waals surface area contributed by atoms with E-state index in [-0.39, 0.29) is 5.69 Å². The molecule has 1 aromatic heterocycles. The fourth-order valence-corrected chi connectivity index (χ4v) is 2.85. The maximum atomic E-state index is 12.5. The summed E-state index contributed by atoms with van der Waals surface area (Å²) in [6.07, 6.45) is 0. The number of benzene rings is 1. The third kappa shape index (κ3) is 4.13. The van der Waals surface area contributed by atoms with Gasteiger partial charge in [0.25, 0.3) is 5.76 Å². The van der Waals surface area contributed by atoms with Gasteiger partial charge in [0.2, 0.25) is 0 Å². The molecule has 0 spiro atoms. The summed E-state index contributed by atoms with van der Waals surface area (Å²) in [6.45, 7) is 0. The van der Waals surface area contributed by atoms with Crippen LogP contribution in [0.3, 0.4) is 0 Å². The molecule has 1 heterocycles. The first-order chi connectivity index (χ1) is 9.97. The van der Waals surface area contributed by atoms with Crippen molar-refractivity contribution in [3.8, 4) is 0 Å². The van der Waals surface area contributed by atoms with E-state index >= 15 is 0 Å². The number of aliphatic carboxylic acids is 1. The molecular formula is C12H11F2N3O2S2. The largest absolute Gasteiger partial charge is 0.480 e. The average Bonchev–Trinajstić information content (AvgIpc) is 2.88. The van der Waals surface area contributed by atoms with Gasteiger partial charge in [-0.1, -0.05) is 23.9 Å². The number of hydrogen-bond acceptors (Lipinski definition) is 6. The molecule has 0 aliphatic rings. The van der Waals surface area contributed by atoms with Gasteiger partial charge in [0, 0.05) is 10.3 Å². The third-order valence-electron chi connectivity index (χ3n) is 2.45. The van der Waals surface area contributed by atoms with Gasteiger partial charge in [0.05, 0.1) is 11.4 Å². The van der Waals surface area contributed by atoms with Gasteiger partial charge in [0.1, 0.15) is 6.04 Å². The number of halogens is 2. The lowest BCUT2D eigenvalue weighted by Crippen LogP contribution is -2.20. The number of nitrogens with zero attached hydrogens (tertiary/aromatic N) is 1. The summed E-state index contributed by atoms with van der Waals surface area (Å²) >= 11 is 1.58. The van der Waals surface area contributed by atoms with Crippen LogP contribution in [0.5, 0.6) is 0 Å². The van der Waals surface area contributed by atoms with Crippen LogP contribution >= 0.6 is 23.1 Å². The minimum Gasteiger partial charge on any atom is -0.480 e. The lowest BCUT2D eigenvalue weighted by molar-refractivity contribution is -0.138. The molecule has 4 N–H and O–H groups in total. The number of thiazole rings is 1. The minimum atomic E-state index is -2.53. The van der Waals surface area contributed by atoms with Crippen LogP contribution in [0.1, 0.15) is 11.7 Å². The van der Waals surface area contributed by atoms with E-state index in [1.165, 1.54) is 5.38 Å². The molecule has 0 saturated carbocycles. The van der Waals surface area contributed by atoms with Crippen molar-refractivity contribution in [2.45, 2.75) is 16.7 Å². The van der Waals surface area contributed by atoms with Gasteiger partial charge in [-0.2, -0.15) is 8.78 Å². The molecule has 0 fully saturated rings. The number of rotatable bonds is 6. The van der Waals surface area contributed by atoms with E-state index in [2.05, 4.69) is 10.3 Å². The summed E-state index contributed by atoms with van der Waals surface area (Å²) in [5.74, 6) is -3.71. The monoisotopic (exact) mass is 331 g/mol. The van der Waals surface area contributed by atoms with E-state index in [9.17, 15) is 13.6 Å². The van der Waals surface area contributed by atoms with Gasteiger partial charge < -0.3 is 16.2 Å². The molecule has 0 saturated heterocycles. The molecule has 0 bridgehead atoms. The predicted molar refractivity (Wildman–Crippen MR) is 78.3 cm³/mol. The molecule has 0 aliphatic carbocycles. The highest BCUT2D eigenvalue weighted by molar-refractivity contribution is 7.99. The number of anilines is 2. The van der Waals surface area contributed by atoms with Crippen molar-refractivity contribution in [2.75, 3.05) is 5.32 Å². The molecule has 2 rings (SSSR count). The van der Waals surface area contributed by atoms with Crippen LogP contribution in [0.4, 0.5) is 19.6 Å². The number of nitrogens with two attached hydrogens (primary N) is 1. The zero-order valence-corrected chi connectivity index (χ0v) is 12.1. The Balaban J connectivity index is 2.17. The molecule has 5 nitrogen and oxygen atoms in total. The normalized spacial score (nSPS) is 12.4. The van der Waals surface area contributed by atoms with Crippen LogP contribution in [0.25, 0.3) is 0 Å². The SMILES string of the molecule is NC(C(=O)O)c1csc(Nc2ccccc2SC(F)F)n1. The highest BCUT2D eigenvalue weighted by Gasteiger charge is 2.18. The Hall–Kier alpha value is -1.71. The minimum absolute atomic E-state index is 0.217. The average molecular weight is 331 g/mol. The second-order valence-electron chi connectivity index (χ2n) is 3.89. The molecule has 0 amide bonds. The molecule has 1 atom stereocenters.